The lowest BCUT2D eigenvalue weighted by atomic mass is 9.86. The van der Waals surface area contributed by atoms with Gasteiger partial charge in [-0.3, -0.25) is 40.1 Å². The maximum absolute atomic E-state index is 11.6. The summed E-state index contributed by atoms with van der Waals surface area (Å²) in [5.74, 6) is -1.41. The van der Waals surface area contributed by atoms with E-state index in [1.54, 1.807) is 0 Å². The zero-order valence-electron chi connectivity index (χ0n) is 18.6. The lowest BCUT2D eigenvalue weighted by Gasteiger charge is -2.28. The third-order valence-electron chi connectivity index (χ3n) is 4.66. The standard InChI is InChI=1S/C15H19NO2.C6H3N3O7/c1-4-18-14(17)9-13-12-8-6-5-7-11(12)10-15(2,3)16-13;10-6-4(8(13)14)1-3(7(11)12)2-5(6)9(15)16/h5-8H,4,9-10H2,1-3H3;1-2,10H. The molecule has 13 heteroatoms. The number of hydrogen-bond acceptors (Lipinski definition) is 10. The highest BCUT2D eigenvalue weighted by Gasteiger charge is 2.30. The van der Waals surface area contributed by atoms with Crippen molar-refractivity contribution in [2.75, 3.05) is 6.61 Å². The van der Waals surface area contributed by atoms with Crippen molar-refractivity contribution in [3.8, 4) is 5.75 Å². The van der Waals surface area contributed by atoms with E-state index in [0.29, 0.717) is 18.7 Å². The Bertz CT molecular complexity index is 1140. The van der Waals surface area contributed by atoms with Gasteiger partial charge in [-0.2, -0.15) is 0 Å². The van der Waals surface area contributed by atoms with Crippen LogP contribution in [0.4, 0.5) is 17.1 Å². The summed E-state index contributed by atoms with van der Waals surface area (Å²) in [6.45, 7) is 6.41. The van der Waals surface area contributed by atoms with Gasteiger partial charge in [0.25, 0.3) is 11.4 Å². The molecule has 13 nitrogen and oxygen atoms in total. The van der Waals surface area contributed by atoms with E-state index in [4.69, 9.17) is 14.8 Å². The summed E-state index contributed by atoms with van der Waals surface area (Å²) in [5.41, 5.74) is 0.0517. The number of nitro benzene ring substituents is 3. The molecule has 0 saturated heterocycles. The van der Waals surface area contributed by atoms with Gasteiger partial charge in [-0.1, -0.05) is 24.3 Å². The Morgan fingerprint density at radius 3 is 2.12 bits per heavy atom. The number of benzene rings is 2. The van der Waals surface area contributed by atoms with Crippen LogP contribution in [0.15, 0.2) is 41.4 Å². The summed E-state index contributed by atoms with van der Waals surface area (Å²) in [6.07, 6.45) is 1.17. The van der Waals surface area contributed by atoms with E-state index in [-0.39, 0.29) is 17.9 Å². The molecule has 1 aliphatic heterocycles. The van der Waals surface area contributed by atoms with Crippen LogP contribution in [0.2, 0.25) is 0 Å². The number of nitro groups is 3. The molecule has 3 rings (SSSR count). The van der Waals surface area contributed by atoms with Crippen LogP contribution >= 0.6 is 0 Å². The maximum Gasteiger partial charge on any atom is 0.324 e. The molecule has 0 radical (unpaired) electrons. The molecule has 0 unspecified atom stereocenters. The quantitative estimate of drug-likeness (QED) is 0.368. The van der Waals surface area contributed by atoms with Crippen molar-refractivity contribution >= 4 is 28.7 Å². The molecule has 34 heavy (non-hydrogen) atoms. The summed E-state index contributed by atoms with van der Waals surface area (Å²) >= 11 is 0. The van der Waals surface area contributed by atoms with Crippen molar-refractivity contribution in [1.29, 1.82) is 0 Å². The number of nitrogens with zero attached hydrogens (tertiary/aromatic N) is 4. The summed E-state index contributed by atoms with van der Waals surface area (Å²) in [4.78, 5) is 44.1. The fourth-order valence-corrected chi connectivity index (χ4v) is 3.34. The molecule has 0 spiro atoms. The number of non-ortho nitro benzene ring substituents is 1. The molecule has 0 aliphatic carbocycles. The highest BCUT2D eigenvalue weighted by molar-refractivity contribution is 6.10. The number of rotatable bonds is 6. The predicted octanol–water partition coefficient (Wildman–Crippen LogP) is 3.88. The van der Waals surface area contributed by atoms with E-state index in [0.717, 1.165) is 17.7 Å². The van der Waals surface area contributed by atoms with Gasteiger partial charge in [-0.05, 0) is 38.3 Å². The number of aliphatic imine (C=N–C) groups is 1. The molecule has 180 valence electrons. The van der Waals surface area contributed by atoms with Gasteiger partial charge >= 0.3 is 17.3 Å². The smallest absolute Gasteiger partial charge is 0.324 e. The Morgan fingerprint density at radius 2 is 1.62 bits per heavy atom. The molecular formula is C21H22N4O9. The summed E-state index contributed by atoms with van der Waals surface area (Å²) in [5, 5.41) is 40.2. The lowest BCUT2D eigenvalue weighted by molar-refractivity contribution is -0.404. The molecule has 1 N–H and O–H groups in total. The molecule has 0 aromatic heterocycles. The molecule has 0 bridgehead atoms. The Morgan fingerprint density at radius 1 is 1.06 bits per heavy atom. The molecule has 0 saturated carbocycles. The first kappa shape index (κ1) is 25.8. The number of hydrogen-bond donors (Lipinski definition) is 1. The summed E-state index contributed by atoms with van der Waals surface area (Å²) in [7, 11) is 0. The lowest BCUT2D eigenvalue weighted by Crippen LogP contribution is -2.30. The van der Waals surface area contributed by atoms with Crippen molar-refractivity contribution in [2.24, 2.45) is 4.99 Å². The van der Waals surface area contributed by atoms with Gasteiger partial charge in [0.15, 0.2) is 0 Å². The van der Waals surface area contributed by atoms with Gasteiger partial charge in [0.2, 0.25) is 0 Å². The van der Waals surface area contributed by atoms with Crippen LogP contribution in [0.5, 0.6) is 5.75 Å². The Labute approximate surface area is 193 Å². The van der Waals surface area contributed by atoms with Crippen molar-refractivity contribution in [3.05, 3.63) is 77.9 Å². The molecule has 2 aromatic rings. The van der Waals surface area contributed by atoms with Gasteiger partial charge in [0, 0.05) is 0 Å². The SMILES string of the molecule is CCOC(=O)CC1=NC(C)(C)Cc2ccccc21.O=[N+]([O-])c1cc([N+](=O)[O-])c(O)c([N+](=O)[O-])c1. The fraction of sp³-hybridized carbons (Fsp3) is 0.333. The number of esters is 1. The highest BCUT2D eigenvalue weighted by atomic mass is 16.6. The highest BCUT2D eigenvalue weighted by Crippen LogP contribution is 2.39. The Kier molecular flexibility index (Phi) is 7.95. The van der Waals surface area contributed by atoms with Crippen LogP contribution in [-0.2, 0) is 16.0 Å². The minimum Gasteiger partial charge on any atom is -0.497 e. The largest absolute Gasteiger partial charge is 0.497 e. The van der Waals surface area contributed by atoms with Gasteiger partial charge in [-0.25, -0.2) is 0 Å². The number of aromatic hydroxyl groups is 1. The normalized spacial score (nSPS) is 13.4. The van der Waals surface area contributed by atoms with Gasteiger partial charge < -0.3 is 9.84 Å². The Balaban J connectivity index is 0.000000242. The van der Waals surface area contributed by atoms with Crippen molar-refractivity contribution in [3.63, 3.8) is 0 Å². The summed E-state index contributed by atoms with van der Waals surface area (Å²) in [6, 6.07) is 9.05. The third-order valence-corrected chi connectivity index (χ3v) is 4.66. The van der Waals surface area contributed by atoms with Crippen LogP contribution in [0, 0.1) is 30.3 Å². The molecule has 0 atom stereocenters. The molecule has 1 heterocycles. The van der Waals surface area contributed by atoms with Crippen molar-refractivity contribution < 1.29 is 29.4 Å². The van der Waals surface area contributed by atoms with Crippen LogP contribution in [0.25, 0.3) is 0 Å². The van der Waals surface area contributed by atoms with Crippen LogP contribution < -0.4 is 0 Å². The minimum absolute atomic E-state index is 0.143. The van der Waals surface area contributed by atoms with E-state index in [2.05, 4.69) is 19.9 Å². The molecule has 2 aromatic carbocycles. The van der Waals surface area contributed by atoms with Crippen LogP contribution in [0.1, 0.15) is 38.3 Å². The average molecular weight is 474 g/mol. The molecule has 1 aliphatic rings. The number of carbonyl (C=O) groups is 1. The number of phenolic OH excluding ortho intramolecular Hbond substituents is 1. The minimum atomic E-state index is -1.21. The topological polar surface area (TPSA) is 188 Å². The first-order valence-corrected chi connectivity index (χ1v) is 9.99. The van der Waals surface area contributed by atoms with Crippen LogP contribution in [-0.4, -0.2) is 43.7 Å². The van der Waals surface area contributed by atoms with Gasteiger partial charge in [0.1, 0.15) is 0 Å². The molecule has 0 amide bonds. The maximum atomic E-state index is 11.6. The van der Waals surface area contributed by atoms with Crippen LogP contribution in [0.3, 0.4) is 0 Å². The second-order valence-corrected chi connectivity index (χ2v) is 7.79. The second-order valence-electron chi connectivity index (χ2n) is 7.79. The Hall–Kier alpha value is -4.42. The van der Waals surface area contributed by atoms with E-state index in [9.17, 15) is 35.1 Å². The summed E-state index contributed by atoms with van der Waals surface area (Å²) < 4.78 is 5.01. The van der Waals surface area contributed by atoms with E-state index < -0.39 is 37.6 Å². The third kappa shape index (κ3) is 6.31. The van der Waals surface area contributed by atoms with E-state index >= 15 is 0 Å². The second kappa shape index (κ2) is 10.5. The molecule has 0 fully saturated rings. The molecular weight excluding hydrogens is 452 g/mol. The zero-order chi connectivity index (χ0) is 25.6. The monoisotopic (exact) mass is 474 g/mol. The number of ether oxygens (including phenoxy) is 1. The zero-order valence-corrected chi connectivity index (χ0v) is 18.6. The van der Waals surface area contributed by atoms with E-state index in [1.165, 1.54) is 5.56 Å². The first-order chi connectivity index (χ1) is 15.9. The predicted molar refractivity (Wildman–Crippen MR) is 120 cm³/mol. The number of carbonyl (C=O) groups excluding carboxylic acids is 1. The number of phenols is 1. The van der Waals surface area contributed by atoms with Gasteiger partial charge in [-0.15, -0.1) is 0 Å². The average Bonchev–Trinajstić information content (AvgIpc) is 2.73. The number of fused-ring (bicyclic) bond motifs is 1. The van der Waals surface area contributed by atoms with Gasteiger partial charge in [0.05, 0.1) is 51.2 Å². The first-order valence-electron chi connectivity index (χ1n) is 9.99. The van der Waals surface area contributed by atoms with Crippen molar-refractivity contribution in [1.82, 2.24) is 0 Å². The van der Waals surface area contributed by atoms with E-state index in [1.807, 2.05) is 25.1 Å². The van der Waals surface area contributed by atoms with Crippen molar-refractivity contribution in [2.45, 2.75) is 39.2 Å². The fourth-order valence-electron chi connectivity index (χ4n) is 3.34.